The molecule has 0 aliphatic carbocycles. The maximum atomic E-state index is 13.4. The third kappa shape index (κ3) is 2.93. The number of nitrogens with one attached hydrogen (secondary N) is 1. The highest BCUT2D eigenvalue weighted by Crippen LogP contribution is 2.29. The zero-order chi connectivity index (χ0) is 14.7. The predicted molar refractivity (Wildman–Crippen MR) is 75.3 cm³/mol. The largest absolute Gasteiger partial charge is 0.383 e. The zero-order valence-electron chi connectivity index (χ0n) is 11.5. The van der Waals surface area contributed by atoms with Gasteiger partial charge in [-0.2, -0.15) is 0 Å². The average Bonchev–Trinajstić information content (AvgIpc) is 2.36. The average molecular weight is 277 g/mol. The summed E-state index contributed by atoms with van der Waals surface area (Å²) >= 11 is 0. The van der Waals surface area contributed by atoms with Crippen LogP contribution in [-0.2, 0) is 0 Å². The summed E-state index contributed by atoms with van der Waals surface area (Å²) in [4.78, 5) is 4.06. The van der Waals surface area contributed by atoms with Crippen molar-refractivity contribution in [1.82, 2.24) is 10.3 Å². The monoisotopic (exact) mass is 277 g/mol. The van der Waals surface area contributed by atoms with E-state index < -0.39 is 11.6 Å². The molecule has 0 aliphatic rings. The number of nitrogens with zero attached hydrogens (tertiary/aromatic N) is 1. The van der Waals surface area contributed by atoms with Crippen LogP contribution in [0.3, 0.4) is 0 Å². The highest BCUT2D eigenvalue weighted by molar-refractivity contribution is 5.50. The number of nitrogens with two attached hydrogens (primary N) is 1. The minimum absolute atomic E-state index is 0.362. The molecule has 5 heteroatoms. The summed E-state index contributed by atoms with van der Waals surface area (Å²) in [5, 5.41) is 3.20. The van der Waals surface area contributed by atoms with E-state index in [0.29, 0.717) is 17.9 Å². The molecule has 106 valence electrons. The molecule has 20 heavy (non-hydrogen) atoms. The highest BCUT2D eigenvalue weighted by atomic mass is 19.1. The first-order valence-corrected chi connectivity index (χ1v) is 6.43. The van der Waals surface area contributed by atoms with Crippen LogP contribution in [0.15, 0.2) is 30.5 Å². The van der Waals surface area contributed by atoms with Crippen LogP contribution >= 0.6 is 0 Å². The standard InChI is InChI=1S/C15H17F2N3/c1-3-19-14(10-6-11(16)8-12(17)7-10)13-9(2)4-5-20-15(13)18/h4-8,14,19H,3H2,1-2H3,(H2,18,20). The van der Waals surface area contributed by atoms with Gasteiger partial charge in [-0.3, -0.25) is 0 Å². The van der Waals surface area contributed by atoms with Gasteiger partial charge in [0.05, 0.1) is 6.04 Å². The second kappa shape index (κ2) is 5.96. The zero-order valence-corrected chi connectivity index (χ0v) is 11.5. The van der Waals surface area contributed by atoms with Crippen molar-refractivity contribution >= 4 is 5.82 Å². The summed E-state index contributed by atoms with van der Waals surface area (Å²) in [6, 6.07) is 4.90. The summed E-state index contributed by atoms with van der Waals surface area (Å²) in [7, 11) is 0. The fourth-order valence-electron chi connectivity index (χ4n) is 2.30. The first-order valence-electron chi connectivity index (χ1n) is 6.43. The number of aryl methyl sites for hydroxylation is 1. The lowest BCUT2D eigenvalue weighted by atomic mass is 9.95. The fraction of sp³-hybridized carbons (Fsp3) is 0.267. The maximum Gasteiger partial charge on any atom is 0.128 e. The molecule has 3 nitrogen and oxygen atoms in total. The second-order valence-corrected chi connectivity index (χ2v) is 4.62. The lowest BCUT2D eigenvalue weighted by Crippen LogP contribution is -2.24. The molecule has 0 saturated heterocycles. The molecule has 0 radical (unpaired) electrons. The van der Waals surface area contributed by atoms with Gasteiger partial charge in [0, 0.05) is 17.8 Å². The highest BCUT2D eigenvalue weighted by Gasteiger charge is 2.20. The molecule has 0 aliphatic heterocycles. The number of aromatic nitrogens is 1. The van der Waals surface area contributed by atoms with Crippen LogP contribution in [0.4, 0.5) is 14.6 Å². The van der Waals surface area contributed by atoms with Crippen molar-refractivity contribution in [3.8, 4) is 0 Å². The molecule has 1 aromatic carbocycles. The normalized spacial score (nSPS) is 12.4. The number of halogens is 2. The molecule has 0 fully saturated rings. The van der Waals surface area contributed by atoms with E-state index in [-0.39, 0.29) is 6.04 Å². The van der Waals surface area contributed by atoms with E-state index in [1.165, 1.54) is 12.1 Å². The molecule has 0 spiro atoms. The van der Waals surface area contributed by atoms with Crippen molar-refractivity contribution < 1.29 is 8.78 Å². The Bertz CT molecular complexity index is 574. The smallest absolute Gasteiger partial charge is 0.128 e. The Balaban J connectivity index is 2.56. The third-order valence-corrected chi connectivity index (χ3v) is 3.15. The number of rotatable bonds is 4. The maximum absolute atomic E-state index is 13.4. The molecule has 2 rings (SSSR count). The number of hydrogen-bond donors (Lipinski definition) is 2. The minimum atomic E-state index is -0.608. The van der Waals surface area contributed by atoms with Gasteiger partial charge in [0.25, 0.3) is 0 Å². The van der Waals surface area contributed by atoms with Crippen LogP contribution in [0.2, 0.25) is 0 Å². The van der Waals surface area contributed by atoms with Gasteiger partial charge in [-0.15, -0.1) is 0 Å². The van der Waals surface area contributed by atoms with E-state index in [9.17, 15) is 8.78 Å². The summed E-state index contributed by atoms with van der Waals surface area (Å²) < 4.78 is 26.9. The van der Waals surface area contributed by atoms with Gasteiger partial charge in [0.1, 0.15) is 17.5 Å². The molecule has 1 aromatic heterocycles. The molecule has 1 atom stereocenters. The number of hydrogen-bond acceptors (Lipinski definition) is 3. The number of nitrogen functional groups attached to an aromatic ring is 1. The van der Waals surface area contributed by atoms with Crippen molar-refractivity contribution in [3.05, 3.63) is 58.8 Å². The Morgan fingerprint density at radius 2 is 1.90 bits per heavy atom. The SMILES string of the molecule is CCNC(c1cc(F)cc(F)c1)c1c(C)ccnc1N. The van der Waals surface area contributed by atoms with Gasteiger partial charge >= 0.3 is 0 Å². The summed E-state index contributed by atoms with van der Waals surface area (Å²) in [5.41, 5.74) is 8.09. The van der Waals surface area contributed by atoms with E-state index in [1.54, 1.807) is 6.20 Å². The van der Waals surface area contributed by atoms with E-state index in [1.807, 2.05) is 19.9 Å². The third-order valence-electron chi connectivity index (χ3n) is 3.15. The van der Waals surface area contributed by atoms with Crippen molar-refractivity contribution in [3.63, 3.8) is 0 Å². The van der Waals surface area contributed by atoms with Crippen LogP contribution in [0, 0.1) is 18.6 Å². The van der Waals surface area contributed by atoms with Gasteiger partial charge in [0.15, 0.2) is 0 Å². The molecule has 0 bridgehead atoms. The number of benzene rings is 1. The van der Waals surface area contributed by atoms with E-state index in [2.05, 4.69) is 10.3 Å². The van der Waals surface area contributed by atoms with E-state index in [4.69, 9.17) is 5.73 Å². The molecular formula is C15H17F2N3. The Hall–Kier alpha value is -2.01. The number of pyridine rings is 1. The molecule has 2 aromatic rings. The van der Waals surface area contributed by atoms with Gasteiger partial charge in [-0.25, -0.2) is 13.8 Å². The van der Waals surface area contributed by atoms with Crippen molar-refractivity contribution in [1.29, 1.82) is 0 Å². The van der Waals surface area contributed by atoms with Crippen molar-refractivity contribution in [2.75, 3.05) is 12.3 Å². The Morgan fingerprint density at radius 3 is 2.45 bits per heavy atom. The first-order chi connectivity index (χ1) is 9.52. The van der Waals surface area contributed by atoms with Crippen LogP contribution in [0.1, 0.15) is 29.7 Å². The molecular weight excluding hydrogens is 260 g/mol. The van der Waals surface area contributed by atoms with Crippen molar-refractivity contribution in [2.24, 2.45) is 0 Å². The van der Waals surface area contributed by atoms with E-state index in [0.717, 1.165) is 17.2 Å². The Kier molecular flexibility index (Phi) is 4.29. The van der Waals surface area contributed by atoms with Crippen LogP contribution < -0.4 is 11.1 Å². The fourth-order valence-corrected chi connectivity index (χ4v) is 2.30. The topological polar surface area (TPSA) is 50.9 Å². The molecule has 3 N–H and O–H groups in total. The Labute approximate surface area is 116 Å². The van der Waals surface area contributed by atoms with Gasteiger partial charge in [-0.1, -0.05) is 6.92 Å². The summed E-state index contributed by atoms with van der Waals surface area (Å²) in [6.07, 6.45) is 1.61. The Morgan fingerprint density at radius 1 is 1.25 bits per heavy atom. The van der Waals surface area contributed by atoms with Gasteiger partial charge < -0.3 is 11.1 Å². The van der Waals surface area contributed by atoms with Crippen LogP contribution in [-0.4, -0.2) is 11.5 Å². The van der Waals surface area contributed by atoms with E-state index >= 15 is 0 Å². The quantitative estimate of drug-likeness (QED) is 0.903. The predicted octanol–water partition coefficient (Wildman–Crippen LogP) is 2.95. The van der Waals surface area contributed by atoms with Crippen LogP contribution in [0.5, 0.6) is 0 Å². The molecule has 1 heterocycles. The lowest BCUT2D eigenvalue weighted by molar-refractivity contribution is 0.564. The number of anilines is 1. The lowest BCUT2D eigenvalue weighted by Gasteiger charge is -2.22. The van der Waals surface area contributed by atoms with Gasteiger partial charge in [0.2, 0.25) is 0 Å². The van der Waals surface area contributed by atoms with Crippen LogP contribution in [0.25, 0.3) is 0 Å². The molecule has 0 saturated carbocycles. The summed E-state index contributed by atoms with van der Waals surface area (Å²) in [6.45, 7) is 4.45. The second-order valence-electron chi connectivity index (χ2n) is 4.62. The molecule has 0 amide bonds. The first kappa shape index (κ1) is 14.4. The molecule has 1 unspecified atom stereocenters. The minimum Gasteiger partial charge on any atom is -0.383 e. The van der Waals surface area contributed by atoms with Gasteiger partial charge in [-0.05, 0) is 42.8 Å². The van der Waals surface area contributed by atoms with Crippen molar-refractivity contribution in [2.45, 2.75) is 19.9 Å². The summed E-state index contributed by atoms with van der Waals surface area (Å²) in [5.74, 6) is -0.855.